The Hall–Kier alpha value is -5.14. The van der Waals surface area contributed by atoms with Crippen LogP contribution in [0, 0.1) is 5.41 Å². The van der Waals surface area contributed by atoms with E-state index in [2.05, 4.69) is 10.6 Å². The number of nitrogens with zero attached hydrogens (tertiary/aromatic N) is 1. The molecule has 0 bridgehead atoms. The van der Waals surface area contributed by atoms with E-state index in [1.54, 1.807) is 51.1 Å². The number of fused-ring (bicyclic) bond motifs is 1. The van der Waals surface area contributed by atoms with Crippen LogP contribution >= 0.6 is 0 Å². The molecule has 6 N–H and O–H groups in total. The molecule has 0 saturated carbocycles. The summed E-state index contributed by atoms with van der Waals surface area (Å²) in [5, 5.41) is 22.1. The van der Waals surface area contributed by atoms with E-state index in [1.165, 1.54) is 18.2 Å². The van der Waals surface area contributed by atoms with Crippen LogP contribution in [0.2, 0.25) is 0 Å². The number of guanidine groups is 1. The van der Waals surface area contributed by atoms with E-state index in [-0.39, 0.29) is 24.5 Å². The van der Waals surface area contributed by atoms with Crippen molar-refractivity contribution in [3.63, 3.8) is 0 Å². The number of hydrogen-bond donors (Lipinski definition) is 5. The minimum Gasteiger partial charge on any atom is -0.480 e. The summed E-state index contributed by atoms with van der Waals surface area (Å²) in [6, 6.07) is 11.8. The minimum atomic E-state index is -1.36. The van der Waals surface area contributed by atoms with E-state index >= 15 is 0 Å². The zero-order chi connectivity index (χ0) is 30.3. The Bertz CT molecular complexity index is 1340. The fourth-order valence-corrected chi connectivity index (χ4v) is 3.71. The molecule has 218 valence electrons. The van der Waals surface area contributed by atoms with Gasteiger partial charge in [0.1, 0.15) is 24.0 Å². The number of carbonyl (C=O) groups is 5. The molecule has 0 saturated heterocycles. The third-order valence-electron chi connectivity index (χ3n) is 5.53. The Balaban J connectivity index is 1.64. The number of carbonyl (C=O) groups excluding carboxylic acids is 4. The highest BCUT2D eigenvalue weighted by Crippen LogP contribution is 2.32. The molecule has 1 aliphatic heterocycles. The predicted molar refractivity (Wildman–Crippen MR) is 144 cm³/mol. The van der Waals surface area contributed by atoms with Gasteiger partial charge < -0.3 is 35.7 Å². The fourth-order valence-electron chi connectivity index (χ4n) is 3.71. The largest absolute Gasteiger partial charge is 0.480 e. The smallest absolute Gasteiger partial charge is 0.423 e. The lowest BCUT2D eigenvalue weighted by Crippen LogP contribution is -2.49. The number of rotatable bonds is 8. The number of carboxylic acid groups (broad SMARTS) is 1. The Morgan fingerprint density at radius 2 is 1.83 bits per heavy atom. The van der Waals surface area contributed by atoms with Crippen LogP contribution in [0.1, 0.15) is 38.3 Å². The molecule has 2 aromatic rings. The number of nitrogens with one attached hydrogen (secondary N) is 3. The molecule has 14 heteroatoms. The van der Waals surface area contributed by atoms with Gasteiger partial charge in [0.25, 0.3) is 5.91 Å². The maximum absolute atomic E-state index is 12.8. The average Bonchev–Trinajstić information content (AvgIpc) is 2.87. The van der Waals surface area contributed by atoms with Crippen molar-refractivity contribution in [2.24, 2.45) is 5.73 Å². The average molecular weight is 570 g/mol. The molecule has 41 heavy (non-hydrogen) atoms. The molecule has 1 unspecified atom stereocenters. The fraction of sp³-hybridized carbons (Fsp3) is 0.333. The molecule has 0 spiro atoms. The molecule has 0 fully saturated rings. The summed E-state index contributed by atoms with van der Waals surface area (Å²) in [6.07, 6.45) is -4.19. The maximum atomic E-state index is 12.8. The maximum Gasteiger partial charge on any atom is 0.423 e. The third kappa shape index (κ3) is 8.68. The van der Waals surface area contributed by atoms with Gasteiger partial charge in [-0.1, -0.05) is 36.4 Å². The Morgan fingerprint density at radius 3 is 2.44 bits per heavy atom. The van der Waals surface area contributed by atoms with Gasteiger partial charge in [-0.15, -0.1) is 0 Å². The zero-order valence-corrected chi connectivity index (χ0v) is 22.6. The summed E-state index contributed by atoms with van der Waals surface area (Å²) in [5.41, 5.74) is 5.93. The number of amides is 4. The van der Waals surface area contributed by atoms with Crippen LogP contribution in [0.15, 0.2) is 48.5 Å². The number of alkyl carbamates (subject to hydrolysis) is 1. The van der Waals surface area contributed by atoms with Crippen LogP contribution in [0.4, 0.5) is 15.3 Å². The predicted octanol–water partition coefficient (Wildman–Crippen LogP) is 2.36. The molecule has 0 radical (unpaired) electrons. The summed E-state index contributed by atoms with van der Waals surface area (Å²) in [6.45, 7) is 4.77. The van der Waals surface area contributed by atoms with Crippen LogP contribution in [0.25, 0.3) is 0 Å². The van der Waals surface area contributed by atoms with Crippen molar-refractivity contribution in [3.8, 4) is 5.75 Å². The lowest BCUT2D eigenvalue weighted by atomic mass is 10.0. The van der Waals surface area contributed by atoms with Gasteiger partial charge in [0, 0.05) is 6.42 Å². The third-order valence-corrected chi connectivity index (χ3v) is 5.53. The van der Waals surface area contributed by atoms with Crippen LogP contribution in [-0.4, -0.2) is 63.7 Å². The lowest BCUT2D eigenvalue weighted by molar-refractivity contribution is -0.139. The Kier molecular flexibility index (Phi) is 9.50. The van der Waals surface area contributed by atoms with Gasteiger partial charge in [0.15, 0.2) is 6.10 Å². The molecule has 3 rings (SSSR count). The molecular formula is C27H31N5O9. The van der Waals surface area contributed by atoms with Gasteiger partial charge in [0.05, 0.1) is 12.1 Å². The Labute approximate surface area is 235 Å². The number of hydrogen-bond acceptors (Lipinski definition) is 9. The molecule has 14 nitrogen and oxygen atoms in total. The summed E-state index contributed by atoms with van der Waals surface area (Å²) >= 11 is 0. The van der Waals surface area contributed by atoms with Gasteiger partial charge in [-0.3, -0.25) is 15.0 Å². The number of aliphatic carboxylic acids is 1. The first-order valence-corrected chi connectivity index (χ1v) is 12.4. The van der Waals surface area contributed by atoms with Crippen LogP contribution in [-0.2, 0) is 36.9 Å². The van der Waals surface area contributed by atoms with Gasteiger partial charge in [-0.25, -0.2) is 14.4 Å². The summed E-state index contributed by atoms with van der Waals surface area (Å²) < 4.78 is 15.8. The van der Waals surface area contributed by atoms with E-state index in [4.69, 9.17) is 25.4 Å². The topological polar surface area (TPSA) is 210 Å². The number of ether oxygens (including phenoxy) is 3. The van der Waals surface area contributed by atoms with Crippen LogP contribution in [0.3, 0.4) is 0 Å². The monoisotopic (exact) mass is 569 g/mol. The number of carboxylic acids is 1. The minimum absolute atomic E-state index is 0.127. The van der Waals surface area contributed by atoms with Crippen LogP contribution in [0.5, 0.6) is 5.75 Å². The second-order valence-electron chi connectivity index (χ2n) is 10.0. The second-order valence-corrected chi connectivity index (χ2v) is 10.0. The van der Waals surface area contributed by atoms with Crippen LogP contribution < -0.4 is 21.1 Å². The zero-order valence-electron chi connectivity index (χ0n) is 22.6. The van der Waals surface area contributed by atoms with Gasteiger partial charge in [-0.2, -0.15) is 4.90 Å². The van der Waals surface area contributed by atoms with Crippen molar-refractivity contribution >= 4 is 41.6 Å². The first-order chi connectivity index (χ1) is 19.2. The van der Waals surface area contributed by atoms with E-state index in [9.17, 15) is 29.1 Å². The molecule has 2 atom stereocenters. The number of benzene rings is 2. The van der Waals surface area contributed by atoms with Gasteiger partial charge >= 0.3 is 18.2 Å². The molecule has 1 aliphatic rings. The molecule has 1 heterocycles. The first kappa shape index (κ1) is 30.4. The molecule has 4 amide bonds. The van der Waals surface area contributed by atoms with Crippen molar-refractivity contribution < 1.29 is 43.3 Å². The molecular weight excluding hydrogens is 538 g/mol. The molecule has 2 aromatic carbocycles. The normalized spacial score (nSPS) is 14.8. The summed E-state index contributed by atoms with van der Waals surface area (Å²) in [7, 11) is 0. The highest BCUT2D eigenvalue weighted by molar-refractivity contribution is 6.10. The number of nitrogens with two attached hydrogens (primary N) is 1. The quantitative estimate of drug-likeness (QED) is 0.231. The van der Waals surface area contributed by atoms with E-state index in [0.29, 0.717) is 16.0 Å². The lowest BCUT2D eigenvalue weighted by Gasteiger charge is -2.27. The standard InChI is InChI=1S/C27H31N5O9/c1-27(2,3)41-25(37)31-18(23(35)36)12-16-9-10-19-17(11-16)30-22(34)20(40-19)13-21(33)32(24(28)29)26(38)39-14-15-7-5-4-6-8-15/h4-11,18,20H,12-14H2,1-3H3,(H3,28,29)(H,30,34)(H,31,37)(H,35,36)/t18-,20?/m0/s1. The highest BCUT2D eigenvalue weighted by Gasteiger charge is 2.35. The highest BCUT2D eigenvalue weighted by atomic mass is 16.6. The molecule has 0 aromatic heterocycles. The van der Waals surface area contributed by atoms with Crippen molar-refractivity contribution in [1.29, 1.82) is 5.41 Å². The SMILES string of the molecule is CC(C)(C)OC(=O)N[C@@H](Cc1ccc2c(c1)NC(=O)C(CC(=O)N(C(=N)N)C(=O)OCc1ccccc1)O2)C(=O)O. The Morgan fingerprint density at radius 1 is 1.15 bits per heavy atom. The number of imide groups is 1. The van der Waals surface area contributed by atoms with Crippen molar-refractivity contribution in [2.75, 3.05) is 5.32 Å². The van der Waals surface area contributed by atoms with Crippen molar-refractivity contribution in [1.82, 2.24) is 10.2 Å². The van der Waals surface area contributed by atoms with Gasteiger partial charge in [0.2, 0.25) is 11.9 Å². The molecule has 0 aliphatic carbocycles. The van der Waals surface area contributed by atoms with Crippen molar-refractivity contribution in [3.05, 3.63) is 59.7 Å². The summed E-state index contributed by atoms with van der Waals surface area (Å²) in [4.78, 5) is 62.1. The number of anilines is 1. The van der Waals surface area contributed by atoms with E-state index in [1.807, 2.05) is 0 Å². The second kappa shape index (κ2) is 12.8. The van der Waals surface area contributed by atoms with E-state index in [0.717, 1.165) is 0 Å². The van der Waals surface area contributed by atoms with E-state index < -0.39 is 60.1 Å². The summed E-state index contributed by atoms with van der Waals surface area (Å²) in [5.74, 6) is -3.70. The van der Waals surface area contributed by atoms with Crippen molar-refractivity contribution in [2.45, 2.75) is 58.0 Å². The van der Waals surface area contributed by atoms with Gasteiger partial charge in [-0.05, 0) is 44.0 Å². The first-order valence-electron chi connectivity index (χ1n) is 12.4.